The van der Waals surface area contributed by atoms with Crippen molar-refractivity contribution in [3.63, 3.8) is 0 Å². The summed E-state index contributed by atoms with van der Waals surface area (Å²) in [6.45, 7) is 10.3. The Kier molecular flexibility index (Phi) is 5.76. The van der Waals surface area contributed by atoms with Crippen LogP contribution in [0.15, 0.2) is 0 Å². The fourth-order valence-corrected chi connectivity index (χ4v) is 4.89. The van der Waals surface area contributed by atoms with E-state index in [0.29, 0.717) is 11.5 Å². The van der Waals surface area contributed by atoms with Gasteiger partial charge in [-0.05, 0) is 69.7 Å². The van der Waals surface area contributed by atoms with Crippen LogP contribution >= 0.6 is 0 Å². The molecule has 2 fully saturated rings. The van der Waals surface area contributed by atoms with Crippen molar-refractivity contribution < 1.29 is 4.74 Å². The Bertz CT molecular complexity index is 316. The largest absolute Gasteiger partial charge is 0.374 e. The SMILES string of the molecule is CCOC1(C(NC)C2CCCC(C)C2)CCC(C)(C)CC1. The molecule has 0 spiro atoms. The average Bonchev–Trinajstić information content (AvgIpc) is 2.43. The average molecular weight is 296 g/mol. The summed E-state index contributed by atoms with van der Waals surface area (Å²) in [5, 5.41) is 3.69. The highest BCUT2D eigenvalue weighted by atomic mass is 16.5. The van der Waals surface area contributed by atoms with E-state index in [-0.39, 0.29) is 5.60 Å². The lowest BCUT2D eigenvalue weighted by atomic mass is 9.64. The van der Waals surface area contributed by atoms with Crippen LogP contribution in [0.25, 0.3) is 0 Å². The molecular formula is C19H37NO. The molecule has 0 aliphatic heterocycles. The first-order valence-electron chi connectivity index (χ1n) is 9.24. The van der Waals surface area contributed by atoms with Crippen LogP contribution < -0.4 is 5.32 Å². The zero-order valence-electron chi connectivity index (χ0n) is 15.0. The maximum Gasteiger partial charge on any atom is 0.0837 e. The van der Waals surface area contributed by atoms with Gasteiger partial charge in [-0.1, -0.05) is 33.6 Å². The van der Waals surface area contributed by atoms with E-state index < -0.39 is 0 Å². The second kappa shape index (κ2) is 7.00. The third-order valence-electron chi connectivity index (χ3n) is 6.21. The van der Waals surface area contributed by atoms with Crippen LogP contribution in [0.1, 0.15) is 79.1 Å². The molecule has 0 aromatic rings. The minimum absolute atomic E-state index is 0.0841. The molecule has 2 heteroatoms. The molecule has 2 rings (SSSR count). The van der Waals surface area contributed by atoms with Crippen molar-refractivity contribution >= 4 is 0 Å². The Morgan fingerprint density at radius 2 is 1.81 bits per heavy atom. The number of hydrogen-bond donors (Lipinski definition) is 1. The molecule has 0 bridgehead atoms. The highest BCUT2D eigenvalue weighted by Gasteiger charge is 2.47. The van der Waals surface area contributed by atoms with Crippen LogP contribution in [0.3, 0.4) is 0 Å². The summed E-state index contributed by atoms with van der Waals surface area (Å²) >= 11 is 0. The molecule has 21 heavy (non-hydrogen) atoms. The van der Waals surface area contributed by atoms with Gasteiger partial charge in [-0.2, -0.15) is 0 Å². The molecule has 0 aromatic carbocycles. The molecule has 3 atom stereocenters. The third-order valence-corrected chi connectivity index (χ3v) is 6.21. The summed E-state index contributed by atoms with van der Waals surface area (Å²) in [7, 11) is 2.16. The Morgan fingerprint density at radius 1 is 1.14 bits per heavy atom. The van der Waals surface area contributed by atoms with Crippen molar-refractivity contribution in [2.45, 2.75) is 90.7 Å². The molecule has 2 aliphatic carbocycles. The van der Waals surface area contributed by atoms with Crippen molar-refractivity contribution in [2.24, 2.45) is 17.3 Å². The fraction of sp³-hybridized carbons (Fsp3) is 1.00. The predicted octanol–water partition coefficient (Wildman–Crippen LogP) is 4.78. The van der Waals surface area contributed by atoms with Gasteiger partial charge >= 0.3 is 0 Å². The predicted molar refractivity (Wildman–Crippen MR) is 90.6 cm³/mol. The second-order valence-corrected chi connectivity index (χ2v) is 8.46. The van der Waals surface area contributed by atoms with Gasteiger partial charge < -0.3 is 10.1 Å². The van der Waals surface area contributed by atoms with Crippen LogP contribution in [0, 0.1) is 17.3 Å². The first kappa shape index (κ1) is 17.3. The molecule has 0 radical (unpaired) electrons. The molecule has 3 unspecified atom stereocenters. The van der Waals surface area contributed by atoms with Crippen molar-refractivity contribution in [2.75, 3.05) is 13.7 Å². The van der Waals surface area contributed by atoms with Crippen molar-refractivity contribution in [3.05, 3.63) is 0 Å². The highest BCUT2D eigenvalue weighted by molar-refractivity contribution is 5.01. The second-order valence-electron chi connectivity index (χ2n) is 8.46. The number of nitrogens with one attached hydrogen (secondary N) is 1. The van der Waals surface area contributed by atoms with Gasteiger partial charge in [0.2, 0.25) is 0 Å². The quantitative estimate of drug-likeness (QED) is 0.788. The Morgan fingerprint density at radius 3 is 2.33 bits per heavy atom. The van der Waals surface area contributed by atoms with Gasteiger partial charge in [0.15, 0.2) is 0 Å². The molecule has 2 aliphatic rings. The molecule has 0 heterocycles. The van der Waals surface area contributed by atoms with E-state index in [1.165, 1.54) is 51.4 Å². The van der Waals surface area contributed by atoms with E-state index in [9.17, 15) is 0 Å². The molecule has 0 aromatic heterocycles. The molecule has 1 N–H and O–H groups in total. The summed E-state index contributed by atoms with van der Waals surface area (Å²) in [5.41, 5.74) is 0.583. The molecule has 2 saturated carbocycles. The molecule has 124 valence electrons. The Balaban J connectivity index is 2.14. The lowest BCUT2D eigenvalue weighted by Gasteiger charge is -2.51. The van der Waals surface area contributed by atoms with Crippen LogP contribution in [0.5, 0.6) is 0 Å². The molecule has 2 nitrogen and oxygen atoms in total. The van der Waals surface area contributed by atoms with Crippen molar-refractivity contribution in [1.29, 1.82) is 0 Å². The number of ether oxygens (including phenoxy) is 1. The van der Waals surface area contributed by atoms with Gasteiger partial charge in [-0.15, -0.1) is 0 Å². The standard InChI is InChI=1S/C19H37NO/c1-6-21-19(12-10-18(3,4)11-13-19)17(20-5)16-9-7-8-15(2)14-16/h15-17,20H,6-14H2,1-5H3. The van der Waals surface area contributed by atoms with E-state index in [1.54, 1.807) is 0 Å². The van der Waals surface area contributed by atoms with Gasteiger partial charge in [-0.3, -0.25) is 0 Å². The van der Waals surface area contributed by atoms with E-state index in [0.717, 1.165) is 18.4 Å². The maximum atomic E-state index is 6.44. The van der Waals surface area contributed by atoms with Crippen LogP contribution in [-0.2, 0) is 4.74 Å². The lowest BCUT2D eigenvalue weighted by Crippen LogP contribution is -2.58. The summed E-state index contributed by atoms with van der Waals surface area (Å²) in [6.07, 6.45) is 10.6. The van der Waals surface area contributed by atoms with Crippen LogP contribution in [0.4, 0.5) is 0 Å². The zero-order chi connectivity index (χ0) is 15.5. The van der Waals surface area contributed by atoms with Gasteiger partial charge in [0.1, 0.15) is 0 Å². The molecule has 0 amide bonds. The van der Waals surface area contributed by atoms with E-state index >= 15 is 0 Å². The lowest BCUT2D eigenvalue weighted by molar-refractivity contribution is -0.120. The maximum absolute atomic E-state index is 6.44. The van der Waals surface area contributed by atoms with Crippen LogP contribution in [-0.4, -0.2) is 25.3 Å². The van der Waals surface area contributed by atoms with Gasteiger partial charge in [0, 0.05) is 12.6 Å². The first-order valence-corrected chi connectivity index (χ1v) is 9.24. The van der Waals surface area contributed by atoms with Crippen molar-refractivity contribution in [1.82, 2.24) is 5.32 Å². The van der Waals surface area contributed by atoms with Crippen LogP contribution in [0.2, 0.25) is 0 Å². The van der Waals surface area contributed by atoms with Gasteiger partial charge in [0.25, 0.3) is 0 Å². The van der Waals surface area contributed by atoms with Gasteiger partial charge in [-0.25, -0.2) is 0 Å². The minimum Gasteiger partial charge on any atom is -0.374 e. The third kappa shape index (κ3) is 4.01. The summed E-state index contributed by atoms with van der Waals surface area (Å²) in [5.74, 6) is 1.69. The fourth-order valence-electron chi connectivity index (χ4n) is 4.89. The van der Waals surface area contributed by atoms with E-state index in [4.69, 9.17) is 4.74 Å². The zero-order valence-corrected chi connectivity index (χ0v) is 15.0. The summed E-state index contributed by atoms with van der Waals surface area (Å²) in [6, 6.07) is 0.538. The topological polar surface area (TPSA) is 21.3 Å². The number of rotatable bonds is 5. The molecular weight excluding hydrogens is 258 g/mol. The minimum atomic E-state index is 0.0841. The monoisotopic (exact) mass is 295 g/mol. The van der Waals surface area contributed by atoms with Crippen molar-refractivity contribution in [3.8, 4) is 0 Å². The first-order chi connectivity index (χ1) is 9.92. The number of likely N-dealkylation sites (N-methyl/N-ethyl adjacent to an activating group) is 1. The highest BCUT2D eigenvalue weighted by Crippen LogP contribution is 2.47. The van der Waals surface area contributed by atoms with E-state index in [1.807, 2.05) is 0 Å². The molecule has 0 saturated heterocycles. The smallest absolute Gasteiger partial charge is 0.0837 e. The van der Waals surface area contributed by atoms with E-state index in [2.05, 4.69) is 40.1 Å². The Hall–Kier alpha value is -0.0800. The normalized spacial score (nSPS) is 33.6. The summed E-state index contributed by atoms with van der Waals surface area (Å²) in [4.78, 5) is 0. The Labute approximate surface area is 132 Å². The number of hydrogen-bond acceptors (Lipinski definition) is 2. The van der Waals surface area contributed by atoms with Gasteiger partial charge in [0.05, 0.1) is 5.60 Å². The summed E-state index contributed by atoms with van der Waals surface area (Å²) < 4.78 is 6.44.